The van der Waals surface area contributed by atoms with Crippen LogP contribution in [-0.4, -0.2) is 30.2 Å². The lowest BCUT2D eigenvalue weighted by Gasteiger charge is -2.17. The first-order chi connectivity index (χ1) is 8.97. The van der Waals surface area contributed by atoms with E-state index < -0.39 is 0 Å². The number of nitrogens with one attached hydrogen (secondary N) is 1. The zero-order valence-corrected chi connectivity index (χ0v) is 13.3. The first-order valence-corrected chi connectivity index (χ1v) is 7.23. The van der Waals surface area contributed by atoms with E-state index in [1.54, 1.807) is 0 Å². The van der Waals surface area contributed by atoms with Crippen LogP contribution in [0.3, 0.4) is 0 Å². The summed E-state index contributed by atoms with van der Waals surface area (Å²) in [5.74, 6) is -0.328. The second-order valence-electron chi connectivity index (χ2n) is 3.87. The molecule has 0 atom stereocenters. The predicted molar refractivity (Wildman–Crippen MR) is 81.3 cm³/mol. The Kier molecular flexibility index (Phi) is 4.38. The van der Waals surface area contributed by atoms with Crippen molar-refractivity contribution in [3.63, 3.8) is 0 Å². The maximum absolute atomic E-state index is 12.0. The molecule has 0 bridgehead atoms. The van der Waals surface area contributed by atoms with Gasteiger partial charge in [-0.3, -0.25) is 4.79 Å². The monoisotopic (exact) mass is 360 g/mol. The standard InChI is InChI=1S/C11H10BrClN4OS/c1-17(2)8-4-3-6(12)5-7(8)14-9(18)10-15-16-11(13)19-10/h3-5H,1-2H3,(H,14,18). The molecule has 0 radical (unpaired) electrons. The van der Waals surface area contributed by atoms with Crippen molar-refractivity contribution in [1.82, 2.24) is 10.2 Å². The molecule has 19 heavy (non-hydrogen) atoms. The summed E-state index contributed by atoms with van der Waals surface area (Å²) < 4.78 is 1.12. The van der Waals surface area contributed by atoms with Gasteiger partial charge in [0.1, 0.15) is 0 Å². The largest absolute Gasteiger partial charge is 0.376 e. The molecule has 1 amide bonds. The Morgan fingerprint density at radius 3 is 2.74 bits per heavy atom. The molecule has 0 saturated heterocycles. The van der Waals surface area contributed by atoms with Crippen LogP contribution in [0.4, 0.5) is 11.4 Å². The van der Waals surface area contributed by atoms with E-state index in [0.717, 1.165) is 21.5 Å². The smallest absolute Gasteiger partial charge is 0.286 e. The van der Waals surface area contributed by atoms with Crippen molar-refractivity contribution in [2.45, 2.75) is 0 Å². The molecule has 1 aromatic carbocycles. The minimum atomic E-state index is -0.328. The van der Waals surface area contributed by atoms with Gasteiger partial charge in [-0.2, -0.15) is 0 Å². The highest BCUT2D eigenvalue weighted by atomic mass is 79.9. The van der Waals surface area contributed by atoms with Gasteiger partial charge in [0.15, 0.2) is 0 Å². The zero-order chi connectivity index (χ0) is 14.0. The first-order valence-electron chi connectivity index (χ1n) is 5.24. The topological polar surface area (TPSA) is 58.1 Å². The summed E-state index contributed by atoms with van der Waals surface area (Å²) in [5.41, 5.74) is 1.59. The molecule has 100 valence electrons. The third-order valence-corrected chi connectivity index (χ3v) is 3.79. The van der Waals surface area contributed by atoms with Crippen molar-refractivity contribution in [1.29, 1.82) is 0 Å². The Morgan fingerprint density at radius 1 is 1.42 bits per heavy atom. The number of amides is 1. The van der Waals surface area contributed by atoms with E-state index in [2.05, 4.69) is 31.4 Å². The Hall–Kier alpha value is -1.18. The number of anilines is 2. The Labute approximate surface area is 127 Å². The second kappa shape index (κ2) is 5.85. The van der Waals surface area contributed by atoms with Crippen LogP contribution in [0.2, 0.25) is 4.47 Å². The van der Waals surface area contributed by atoms with E-state index in [9.17, 15) is 4.79 Å². The molecule has 5 nitrogen and oxygen atoms in total. The fraction of sp³-hybridized carbons (Fsp3) is 0.182. The molecular weight excluding hydrogens is 352 g/mol. The van der Waals surface area contributed by atoms with E-state index in [1.807, 2.05) is 37.2 Å². The van der Waals surface area contributed by atoms with Gasteiger partial charge in [0.25, 0.3) is 5.91 Å². The number of hydrogen-bond donors (Lipinski definition) is 1. The van der Waals surface area contributed by atoms with Gasteiger partial charge in [0.05, 0.1) is 11.4 Å². The maximum atomic E-state index is 12.0. The number of nitrogens with zero attached hydrogens (tertiary/aromatic N) is 3. The van der Waals surface area contributed by atoms with E-state index in [-0.39, 0.29) is 15.4 Å². The summed E-state index contributed by atoms with van der Waals surface area (Å²) in [7, 11) is 3.81. The van der Waals surface area contributed by atoms with E-state index >= 15 is 0 Å². The number of hydrogen-bond acceptors (Lipinski definition) is 5. The lowest BCUT2D eigenvalue weighted by atomic mass is 10.2. The predicted octanol–water partition coefficient (Wildman–Crippen LogP) is 3.27. The van der Waals surface area contributed by atoms with E-state index in [1.165, 1.54) is 0 Å². The maximum Gasteiger partial charge on any atom is 0.286 e. The van der Waals surface area contributed by atoms with Crippen molar-refractivity contribution in [2.75, 3.05) is 24.3 Å². The molecule has 2 aromatic rings. The van der Waals surface area contributed by atoms with Gasteiger partial charge in [0, 0.05) is 18.6 Å². The summed E-state index contributed by atoms with van der Waals surface area (Å²) in [6.45, 7) is 0. The van der Waals surface area contributed by atoms with Crippen molar-refractivity contribution < 1.29 is 4.79 Å². The van der Waals surface area contributed by atoms with Crippen LogP contribution < -0.4 is 10.2 Å². The molecule has 8 heteroatoms. The van der Waals surface area contributed by atoms with Crippen molar-refractivity contribution in [2.24, 2.45) is 0 Å². The molecule has 0 aliphatic heterocycles. The highest BCUT2D eigenvalue weighted by molar-refractivity contribution is 9.10. The summed E-state index contributed by atoms with van der Waals surface area (Å²) in [4.78, 5) is 13.9. The lowest BCUT2D eigenvalue weighted by Crippen LogP contribution is -2.16. The molecular formula is C11H10BrClN4OS. The highest BCUT2D eigenvalue weighted by Gasteiger charge is 2.15. The molecule has 1 N–H and O–H groups in total. The normalized spacial score (nSPS) is 10.3. The van der Waals surface area contributed by atoms with Crippen LogP contribution in [0.25, 0.3) is 0 Å². The summed E-state index contributed by atoms with van der Waals surface area (Å²) >= 11 is 10.1. The Morgan fingerprint density at radius 2 is 2.16 bits per heavy atom. The van der Waals surface area contributed by atoms with Gasteiger partial charge in [0.2, 0.25) is 9.47 Å². The lowest BCUT2D eigenvalue weighted by molar-refractivity contribution is 0.102. The van der Waals surface area contributed by atoms with Crippen LogP contribution in [0.1, 0.15) is 9.80 Å². The van der Waals surface area contributed by atoms with Crippen molar-refractivity contribution in [3.05, 3.63) is 32.1 Å². The number of carbonyl (C=O) groups is 1. The summed E-state index contributed by atoms with van der Waals surface area (Å²) in [5, 5.41) is 10.3. The van der Waals surface area contributed by atoms with Crippen LogP contribution >= 0.6 is 38.9 Å². The summed E-state index contributed by atoms with van der Waals surface area (Å²) in [6.07, 6.45) is 0. The fourth-order valence-electron chi connectivity index (χ4n) is 1.47. The van der Waals surface area contributed by atoms with Crippen molar-refractivity contribution >= 4 is 56.1 Å². The van der Waals surface area contributed by atoms with Crippen LogP contribution in [0.5, 0.6) is 0 Å². The van der Waals surface area contributed by atoms with Gasteiger partial charge in [-0.1, -0.05) is 27.3 Å². The highest BCUT2D eigenvalue weighted by Crippen LogP contribution is 2.28. The molecule has 0 fully saturated rings. The Balaban J connectivity index is 2.27. The molecule has 0 unspecified atom stereocenters. The quantitative estimate of drug-likeness (QED) is 0.911. The third kappa shape index (κ3) is 3.43. The Bertz CT molecular complexity index is 616. The van der Waals surface area contributed by atoms with E-state index in [0.29, 0.717) is 5.69 Å². The van der Waals surface area contributed by atoms with E-state index in [4.69, 9.17) is 11.6 Å². The number of carbonyl (C=O) groups excluding carboxylic acids is 1. The molecule has 0 aliphatic carbocycles. The molecule has 2 rings (SSSR count). The van der Waals surface area contributed by atoms with Gasteiger partial charge in [-0.05, 0) is 29.8 Å². The fourth-order valence-corrected chi connectivity index (χ4v) is 2.56. The number of rotatable bonds is 3. The van der Waals surface area contributed by atoms with Crippen molar-refractivity contribution in [3.8, 4) is 0 Å². The third-order valence-electron chi connectivity index (χ3n) is 2.28. The van der Waals surface area contributed by atoms with Gasteiger partial charge in [-0.25, -0.2) is 0 Å². The molecule has 1 heterocycles. The average molecular weight is 362 g/mol. The number of aromatic nitrogens is 2. The second-order valence-corrected chi connectivity index (χ2v) is 6.35. The minimum Gasteiger partial charge on any atom is -0.376 e. The molecule has 0 spiro atoms. The molecule has 1 aromatic heterocycles. The van der Waals surface area contributed by atoms with Gasteiger partial charge >= 0.3 is 0 Å². The van der Waals surface area contributed by atoms with Crippen LogP contribution in [-0.2, 0) is 0 Å². The zero-order valence-electron chi connectivity index (χ0n) is 10.1. The van der Waals surface area contributed by atoms with Gasteiger partial charge < -0.3 is 10.2 Å². The number of benzene rings is 1. The average Bonchev–Trinajstić information content (AvgIpc) is 2.75. The van der Waals surface area contributed by atoms with Gasteiger partial charge in [-0.15, -0.1) is 10.2 Å². The minimum absolute atomic E-state index is 0.231. The summed E-state index contributed by atoms with van der Waals surface area (Å²) in [6, 6.07) is 5.65. The first kappa shape index (κ1) is 14.2. The van der Waals surface area contributed by atoms with Crippen LogP contribution in [0.15, 0.2) is 22.7 Å². The molecule has 0 saturated carbocycles. The van der Waals surface area contributed by atoms with Crippen LogP contribution in [0, 0.1) is 0 Å². The number of halogens is 2. The SMILES string of the molecule is CN(C)c1ccc(Br)cc1NC(=O)c1nnc(Cl)s1. The molecule has 0 aliphatic rings.